The summed E-state index contributed by atoms with van der Waals surface area (Å²) in [6.07, 6.45) is -4.31. The summed E-state index contributed by atoms with van der Waals surface area (Å²) < 4.78 is 37.3. The minimum Gasteiger partial charge on any atom is -0.349 e. The monoisotopic (exact) mass is 275 g/mol. The molecule has 0 amide bonds. The van der Waals surface area contributed by atoms with Gasteiger partial charge in [-0.15, -0.1) is 0 Å². The third kappa shape index (κ3) is 2.73. The van der Waals surface area contributed by atoms with Crippen LogP contribution in [0, 0.1) is 0 Å². The molecule has 98 valence electrons. The maximum atomic E-state index is 12.4. The van der Waals surface area contributed by atoms with E-state index in [1.54, 1.807) is 4.90 Å². The molecular formula is C11H12F3N3S. The van der Waals surface area contributed by atoms with Crippen molar-refractivity contribution in [3.8, 4) is 0 Å². The Morgan fingerprint density at radius 1 is 1.22 bits per heavy atom. The van der Waals surface area contributed by atoms with Crippen molar-refractivity contribution in [3.05, 3.63) is 29.8 Å². The van der Waals surface area contributed by atoms with E-state index in [9.17, 15) is 13.2 Å². The molecule has 1 fully saturated rings. The molecule has 0 radical (unpaired) electrons. The number of hydrogen-bond acceptors (Lipinski definition) is 2. The second kappa shape index (κ2) is 4.74. The Labute approximate surface area is 108 Å². The fourth-order valence-electron chi connectivity index (χ4n) is 1.68. The number of halogens is 3. The molecule has 1 N–H and O–H groups in total. The van der Waals surface area contributed by atoms with Gasteiger partial charge in [-0.2, -0.15) is 13.2 Å². The van der Waals surface area contributed by atoms with Crippen LogP contribution in [-0.2, 0) is 6.18 Å². The Morgan fingerprint density at radius 2 is 1.83 bits per heavy atom. The van der Waals surface area contributed by atoms with E-state index in [-0.39, 0.29) is 0 Å². The van der Waals surface area contributed by atoms with Crippen molar-refractivity contribution in [2.75, 3.05) is 25.3 Å². The highest BCUT2D eigenvalue weighted by atomic mass is 32.1. The van der Waals surface area contributed by atoms with E-state index in [1.807, 2.05) is 11.9 Å². The van der Waals surface area contributed by atoms with Crippen LogP contribution in [0.4, 0.5) is 18.9 Å². The lowest BCUT2D eigenvalue weighted by Gasteiger charge is -2.36. The molecule has 0 bridgehead atoms. The first kappa shape index (κ1) is 13.1. The van der Waals surface area contributed by atoms with Crippen LogP contribution in [0.25, 0.3) is 0 Å². The van der Waals surface area contributed by atoms with E-state index >= 15 is 0 Å². The molecule has 1 aromatic carbocycles. The zero-order valence-electron chi connectivity index (χ0n) is 9.66. The summed E-state index contributed by atoms with van der Waals surface area (Å²) in [5.41, 5.74) is -0.0115. The summed E-state index contributed by atoms with van der Waals surface area (Å²) >= 11 is 5.13. The van der Waals surface area contributed by atoms with E-state index in [4.69, 9.17) is 12.2 Å². The maximum Gasteiger partial charge on any atom is 0.416 e. The Kier molecular flexibility index (Phi) is 3.45. The standard InChI is InChI=1S/C11H12F3N3S/c1-16-6-15-10(18)17(7-16)9-4-2-8(3-5-9)11(12,13)14/h2-5H,6-7H2,1H3,(H,15,18). The van der Waals surface area contributed by atoms with Crippen LogP contribution in [0.5, 0.6) is 0 Å². The molecule has 0 spiro atoms. The summed E-state index contributed by atoms with van der Waals surface area (Å²) in [6, 6.07) is 4.98. The lowest BCUT2D eigenvalue weighted by molar-refractivity contribution is -0.137. The van der Waals surface area contributed by atoms with Crippen molar-refractivity contribution < 1.29 is 13.2 Å². The first-order valence-electron chi connectivity index (χ1n) is 5.29. The molecule has 0 atom stereocenters. The fourth-order valence-corrected chi connectivity index (χ4v) is 1.91. The van der Waals surface area contributed by atoms with Crippen LogP contribution in [0.1, 0.15) is 5.56 Å². The number of thiocarbonyl (C=S) groups is 1. The molecule has 3 nitrogen and oxygen atoms in total. The molecular weight excluding hydrogens is 263 g/mol. The lowest BCUT2D eigenvalue weighted by Crippen LogP contribution is -2.54. The summed E-state index contributed by atoms with van der Waals surface area (Å²) in [4.78, 5) is 3.71. The van der Waals surface area contributed by atoms with Crippen molar-refractivity contribution in [2.24, 2.45) is 0 Å². The van der Waals surface area contributed by atoms with E-state index in [0.29, 0.717) is 24.1 Å². The number of rotatable bonds is 1. The van der Waals surface area contributed by atoms with Crippen LogP contribution in [-0.4, -0.2) is 30.4 Å². The summed E-state index contributed by atoms with van der Waals surface area (Å²) in [6.45, 7) is 1.19. The summed E-state index contributed by atoms with van der Waals surface area (Å²) in [7, 11) is 1.89. The minimum atomic E-state index is -4.31. The highest BCUT2D eigenvalue weighted by molar-refractivity contribution is 7.80. The average molecular weight is 275 g/mol. The molecule has 1 aliphatic heterocycles. The SMILES string of the molecule is CN1CNC(=S)N(c2ccc(C(F)(F)F)cc2)C1. The first-order valence-corrected chi connectivity index (χ1v) is 5.70. The number of nitrogens with zero attached hydrogens (tertiary/aromatic N) is 2. The van der Waals surface area contributed by atoms with Crippen LogP contribution >= 0.6 is 12.2 Å². The predicted molar refractivity (Wildman–Crippen MR) is 67.2 cm³/mol. The highest BCUT2D eigenvalue weighted by Gasteiger charge is 2.30. The zero-order valence-corrected chi connectivity index (χ0v) is 10.5. The Balaban J connectivity index is 2.21. The van der Waals surface area contributed by atoms with Crippen molar-refractivity contribution in [1.82, 2.24) is 10.2 Å². The predicted octanol–water partition coefficient (Wildman–Crippen LogP) is 2.25. The number of anilines is 1. The van der Waals surface area contributed by atoms with Crippen LogP contribution < -0.4 is 10.2 Å². The Bertz CT molecular complexity index is 444. The van der Waals surface area contributed by atoms with E-state index in [1.165, 1.54) is 12.1 Å². The molecule has 0 aromatic heterocycles. The fraction of sp³-hybridized carbons (Fsp3) is 0.364. The van der Waals surface area contributed by atoms with Crippen LogP contribution in [0.15, 0.2) is 24.3 Å². The van der Waals surface area contributed by atoms with Gasteiger partial charge >= 0.3 is 6.18 Å². The Morgan fingerprint density at radius 3 is 2.39 bits per heavy atom. The molecule has 0 aliphatic carbocycles. The number of hydrogen-bond donors (Lipinski definition) is 1. The minimum absolute atomic E-state index is 0.521. The van der Waals surface area contributed by atoms with Crippen molar-refractivity contribution in [1.29, 1.82) is 0 Å². The second-order valence-corrected chi connectivity index (χ2v) is 4.50. The molecule has 1 saturated heterocycles. The van der Waals surface area contributed by atoms with Crippen molar-refractivity contribution in [2.45, 2.75) is 6.18 Å². The number of alkyl halides is 3. The van der Waals surface area contributed by atoms with Gasteiger partial charge in [0.25, 0.3) is 0 Å². The van der Waals surface area contributed by atoms with Gasteiger partial charge in [0.1, 0.15) is 0 Å². The average Bonchev–Trinajstić information content (AvgIpc) is 2.31. The van der Waals surface area contributed by atoms with E-state index in [2.05, 4.69) is 5.32 Å². The van der Waals surface area contributed by atoms with Gasteiger partial charge in [0, 0.05) is 5.69 Å². The lowest BCUT2D eigenvalue weighted by atomic mass is 10.2. The third-order valence-electron chi connectivity index (χ3n) is 2.63. The third-order valence-corrected chi connectivity index (χ3v) is 3.00. The second-order valence-electron chi connectivity index (χ2n) is 4.11. The molecule has 0 unspecified atom stereocenters. The van der Waals surface area contributed by atoms with E-state index < -0.39 is 11.7 Å². The van der Waals surface area contributed by atoms with Crippen molar-refractivity contribution in [3.63, 3.8) is 0 Å². The van der Waals surface area contributed by atoms with Crippen LogP contribution in [0.2, 0.25) is 0 Å². The Hall–Kier alpha value is -1.34. The molecule has 1 aromatic rings. The van der Waals surface area contributed by atoms with Crippen LogP contribution in [0.3, 0.4) is 0 Å². The van der Waals surface area contributed by atoms with Gasteiger partial charge in [0.05, 0.1) is 18.9 Å². The molecule has 7 heteroatoms. The van der Waals surface area contributed by atoms with Gasteiger partial charge < -0.3 is 10.2 Å². The molecule has 18 heavy (non-hydrogen) atoms. The molecule has 2 rings (SSSR count). The smallest absolute Gasteiger partial charge is 0.349 e. The first-order chi connectivity index (χ1) is 8.38. The van der Waals surface area contributed by atoms with Gasteiger partial charge in [-0.1, -0.05) is 0 Å². The summed E-state index contributed by atoms with van der Waals surface area (Å²) in [5, 5.41) is 3.51. The van der Waals surface area contributed by atoms with Gasteiger partial charge in [0.15, 0.2) is 5.11 Å². The van der Waals surface area contributed by atoms with Gasteiger partial charge in [-0.25, -0.2) is 0 Å². The number of benzene rings is 1. The quantitative estimate of drug-likeness (QED) is 0.792. The van der Waals surface area contributed by atoms with Gasteiger partial charge in [-0.05, 0) is 43.5 Å². The normalized spacial score (nSPS) is 17.8. The van der Waals surface area contributed by atoms with Gasteiger partial charge in [-0.3, -0.25) is 4.90 Å². The molecule has 1 heterocycles. The van der Waals surface area contributed by atoms with Gasteiger partial charge in [0.2, 0.25) is 0 Å². The van der Waals surface area contributed by atoms with Crippen molar-refractivity contribution >= 4 is 23.0 Å². The molecule has 0 saturated carbocycles. The van der Waals surface area contributed by atoms with E-state index in [0.717, 1.165) is 12.1 Å². The summed E-state index contributed by atoms with van der Waals surface area (Å²) in [5.74, 6) is 0. The largest absolute Gasteiger partial charge is 0.416 e. The topological polar surface area (TPSA) is 18.5 Å². The maximum absolute atomic E-state index is 12.4. The molecule has 1 aliphatic rings. The zero-order chi connectivity index (χ0) is 13.3. The number of nitrogens with one attached hydrogen (secondary N) is 1. The highest BCUT2D eigenvalue weighted by Crippen LogP contribution is 2.30.